The number of carbonyl (C=O) groups excluding carboxylic acids is 2. The number of hydrogen-bond acceptors (Lipinski definition) is 10. The molecule has 0 aromatic carbocycles. The van der Waals surface area contributed by atoms with Crippen LogP contribution in [0.15, 0.2) is 0 Å². The van der Waals surface area contributed by atoms with E-state index in [1.807, 2.05) is 57.0 Å². The summed E-state index contributed by atoms with van der Waals surface area (Å²) in [5.74, 6) is 5.82. The molecule has 268 valence electrons. The van der Waals surface area contributed by atoms with Gasteiger partial charge in [0.25, 0.3) is 0 Å². The Morgan fingerprint density at radius 2 is 1.31 bits per heavy atom. The van der Waals surface area contributed by atoms with Gasteiger partial charge < -0.3 is 30.3 Å². The van der Waals surface area contributed by atoms with Gasteiger partial charge in [0.15, 0.2) is 0 Å². The van der Waals surface area contributed by atoms with Gasteiger partial charge in [-0.25, -0.2) is 9.59 Å². The van der Waals surface area contributed by atoms with Crippen LogP contribution in [0.3, 0.4) is 0 Å². The van der Waals surface area contributed by atoms with Gasteiger partial charge in [-0.1, -0.05) is 123 Å². The Balaban J connectivity index is 0.000000816. The molecule has 2 rings (SSSR count). The first kappa shape index (κ1) is 44.9. The molecule has 0 saturated carbocycles. The van der Waals surface area contributed by atoms with E-state index in [4.69, 9.17) is 9.47 Å². The van der Waals surface area contributed by atoms with Crippen LogP contribution in [0.4, 0.5) is 9.59 Å². The maximum atomic E-state index is 11.6. The first-order valence-corrected chi connectivity index (χ1v) is 22.6. The molecule has 2 heterocycles. The van der Waals surface area contributed by atoms with E-state index >= 15 is 0 Å². The van der Waals surface area contributed by atoms with Crippen molar-refractivity contribution in [1.82, 2.24) is 20.9 Å². The van der Waals surface area contributed by atoms with Crippen molar-refractivity contribution in [3.8, 4) is 0 Å². The third-order valence-corrected chi connectivity index (χ3v) is 12.8. The molecule has 0 aromatic heterocycles. The second kappa shape index (κ2) is 32.4. The quantitative estimate of drug-likeness (QED) is 0.0748. The lowest BCUT2D eigenvalue weighted by atomic mass is 10.0. The highest BCUT2D eigenvalue weighted by molar-refractivity contribution is 8.77. The number of rotatable bonds is 22. The van der Waals surface area contributed by atoms with Crippen LogP contribution in [0, 0.1) is 11.8 Å². The summed E-state index contributed by atoms with van der Waals surface area (Å²) in [5, 5.41) is 9.03. The monoisotopic (exact) mass is 712 g/mol. The number of amides is 2. The van der Waals surface area contributed by atoms with Crippen LogP contribution in [0.25, 0.3) is 0 Å². The molecule has 12 heteroatoms. The average molecular weight is 713 g/mol. The summed E-state index contributed by atoms with van der Waals surface area (Å²) in [6, 6.07) is 0.492. The summed E-state index contributed by atoms with van der Waals surface area (Å²) in [6.07, 6.45) is 11.9. The van der Waals surface area contributed by atoms with Crippen molar-refractivity contribution in [1.29, 1.82) is 0 Å². The largest absolute Gasteiger partial charge is 0.449 e. The summed E-state index contributed by atoms with van der Waals surface area (Å²) < 4.78 is 10.4. The van der Waals surface area contributed by atoms with Crippen molar-refractivity contribution in [2.75, 3.05) is 69.5 Å². The van der Waals surface area contributed by atoms with Crippen LogP contribution in [0.1, 0.15) is 106 Å². The van der Waals surface area contributed by atoms with Crippen LogP contribution < -0.4 is 16.0 Å². The minimum absolute atomic E-state index is 0.239. The van der Waals surface area contributed by atoms with Gasteiger partial charge in [-0.2, -0.15) is 0 Å². The fourth-order valence-electron chi connectivity index (χ4n) is 4.79. The van der Waals surface area contributed by atoms with Crippen LogP contribution in [-0.4, -0.2) is 98.6 Å². The van der Waals surface area contributed by atoms with Gasteiger partial charge in [0.05, 0.1) is 0 Å². The highest BCUT2D eigenvalue weighted by atomic mass is 33.1. The summed E-state index contributed by atoms with van der Waals surface area (Å²) in [5.41, 5.74) is 0. The molecule has 2 aliphatic heterocycles. The van der Waals surface area contributed by atoms with Crippen molar-refractivity contribution in [2.45, 2.75) is 118 Å². The van der Waals surface area contributed by atoms with Crippen molar-refractivity contribution >= 4 is 55.4 Å². The van der Waals surface area contributed by atoms with Crippen molar-refractivity contribution in [2.24, 2.45) is 11.8 Å². The van der Waals surface area contributed by atoms with Crippen LogP contribution >= 0.6 is 43.2 Å². The zero-order valence-electron chi connectivity index (χ0n) is 29.7. The number of nitrogens with zero attached hydrogens (tertiary/aromatic N) is 1. The number of likely N-dealkylation sites (tertiary alicyclic amines) is 1. The molecular formula is C33H68N4O4S4. The van der Waals surface area contributed by atoms with Crippen LogP contribution in [0.2, 0.25) is 0 Å². The maximum absolute atomic E-state index is 11.6. The molecule has 0 bridgehead atoms. The summed E-state index contributed by atoms with van der Waals surface area (Å²) in [7, 11) is 9.54. The van der Waals surface area contributed by atoms with Crippen LogP contribution in [0.5, 0.6) is 0 Å². The molecule has 45 heavy (non-hydrogen) atoms. The number of unbranched alkanes of at least 4 members (excludes halogenated alkanes) is 2. The predicted octanol–water partition coefficient (Wildman–Crippen LogP) is 8.71. The molecule has 0 spiro atoms. The predicted molar refractivity (Wildman–Crippen MR) is 204 cm³/mol. The Morgan fingerprint density at radius 1 is 0.800 bits per heavy atom. The number of likely N-dealkylation sites (N-methyl/N-ethyl adjacent to an activating group) is 1. The molecule has 0 radical (unpaired) electrons. The zero-order chi connectivity index (χ0) is 33.5. The standard InChI is InChI=1S/C16H32N2O2S2.C15H30N2O2S2.C2H6/c1-4-6-7-14(5-2)13-22-21-11-10-20-16(19)17-15-8-9-18(3)12-15;1-3-5-6-13(4-2)12-21-20-10-9-19-15(18)17-14-7-8-16-11-14;1-2/h14-15H,4-13H2,1-3H3,(H,17,19);13-14,16H,3-12H2,1-2H3,(H,17,18);1-2H3. The molecular weight excluding hydrogens is 645 g/mol. The molecule has 0 aromatic rings. The van der Waals surface area contributed by atoms with Crippen molar-refractivity contribution < 1.29 is 19.1 Å². The average Bonchev–Trinajstić information content (AvgIpc) is 3.72. The SMILES string of the molecule is CC.CCCCC(CC)CSSCCOC(=O)NC1CCN(C)C1.CCCCC(CC)CSSCCOC(=O)NC1CCNC1. The number of hydrogen-bond donors (Lipinski definition) is 3. The summed E-state index contributed by atoms with van der Waals surface area (Å²) in [4.78, 5) is 25.4. The van der Waals surface area contributed by atoms with Crippen molar-refractivity contribution in [3.05, 3.63) is 0 Å². The van der Waals surface area contributed by atoms with E-state index in [1.54, 1.807) is 0 Å². The molecule has 2 aliphatic rings. The first-order chi connectivity index (χ1) is 21.9. The first-order valence-electron chi connectivity index (χ1n) is 17.7. The topological polar surface area (TPSA) is 91.9 Å². The van der Waals surface area contributed by atoms with Gasteiger partial charge >= 0.3 is 12.2 Å². The molecule has 8 nitrogen and oxygen atoms in total. The lowest BCUT2D eigenvalue weighted by Gasteiger charge is -2.14. The highest BCUT2D eigenvalue weighted by Gasteiger charge is 2.21. The van der Waals surface area contributed by atoms with E-state index < -0.39 is 0 Å². The van der Waals surface area contributed by atoms with Gasteiger partial charge in [-0.3, -0.25) is 0 Å². The normalized spacial score (nSPS) is 19.0. The van der Waals surface area contributed by atoms with E-state index in [0.717, 1.165) is 62.4 Å². The molecule has 3 N–H and O–H groups in total. The van der Waals surface area contributed by atoms with E-state index in [9.17, 15) is 9.59 Å². The van der Waals surface area contributed by atoms with Gasteiger partial charge in [0.1, 0.15) is 13.2 Å². The Bertz CT molecular complexity index is 693. The number of carbonyl (C=O) groups is 2. The van der Waals surface area contributed by atoms with Gasteiger partial charge in [-0.05, 0) is 57.7 Å². The number of ether oxygens (including phenoxy) is 2. The lowest BCUT2D eigenvalue weighted by molar-refractivity contribution is 0.148. The van der Waals surface area contributed by atoms with E-state index in [2.05, 4.69) is 55.6 Å². The van der Waals surface area contributed by atoms with Crippen LogP contribution in [-0.2, 0) is 9.47 Å². The summed E-state index contributed by atoms with van der Waals surface area (Å²) >= 11 is 0. The van der Waals surface area contributed by atoms with Crippen molar-refractivity contribution in [3.63, 3.8) is 0 Å². The molecule has 2 amide bonds. The van der Waals surface area contributed by atoms with Gasteiger partial charge in [0, 0.05) is 48.2 Å². The number of alkyl carbamates (subject to hydrolysis) is 2. The Labute approximate surface area is 293 Å². The van der Waals surface area contributed by atoms with Gasteiger partial charge in [0.2, 0.25) is 0 Å². The summed E-state index contributed by atoms with van der Waals surface area (Å²) in [6.45, 7) is 17.9. The second-order valence-electron chi connectivity index (χ2n) is 11.5. The lowest BCUT2D eigenvalue weighted by Crippen LogP contribution is -2.37. The Hall–Kier alpha value is -0.140. The zero-order valence-corrected chi connectivity index (χ0v) is 32.9. The van der Waals surface area contributed by atoms with E-state index in [-0.39, 0.29) is 24.3 Å². The van der Waals surface area contributed by atoms with Gasteiger partial charge in [-0.15, -0.1) is 0 Å². The fraction of sp³-hybridized carbons (Fsp3) is 0.939. The third kappa shape index (κ3) is 26.5. The second-order valence-corrected chi connectivity index (χ2v) is 16.8. The van der Waals surface area contributed by atoms with E-state index in [0.29, 0.717) is 13.2 Å². The Kier molecular flexibility index (Phi) is 32.3. The number of nitrogens with one attached hydrogen (secondary N) is 3. The smallest absolute Gasteiger partial charge is 0.407 e. The molecule has 2 fully saturated rings. The maximum Gasteiger partial charge on any atom is 0.407 e. The molecule has 4 unspecified atom stereocenters. The molecule has 4 atom stereocenters. The molecule has 2 saturated heterocycles. The minimum Gasteiger partial charge on any atom is -0.449 e. The Morgan fingerprint density at radius 3 is 1.71 bits per heavy atom. The fourth-order valence-corrected chi connectivity index (χ4v) is 9.55. The molecule has 0 aliphatic carbocycles. The van der Waals surface area contributed by atoms with E-state index in [1.165, 1.54) is 62.9 Å². The highest BCUT2D eigenvalue weighted by Crippen LogP contribution is 2.28. The minimum atomic E-state index is -0.274. The third-order valence-electron chi connectivity index (χ3n) is 7.76.